The lowest BCUT2D eigenvalue weighted by molar-refractivity contribution is 0.0929. The minimum absolute atomic E-state index is 0.0120. The molecule has 0 radical (unpaired) electrons. The first kappa shape index (κ1) is 15.2. The summed E-state index contributed by atoms with van der Waals surface area (Å²) < 4.78 is 0. The van der Waals surface area contributed by atoms with Crippen LogP contribution in [0.25, 0.3) is 0 Å². The van der Waals surface area contributed by atoms with E-state index >= 15 is 0 Å². The van der Waals surface area contributed by atoms with Crippen molar-refractivity contribution in [3.8, 4) is 0 Å². The highest BCUT2D eigenvalue weighted by Gasteiger charge is 2.26. The van der Waals surface area contributed by atoms with Crippen LogP contribution in [0.4, 0.5) is 5.82 Å². The third kappa shape index (κ3) is 3.66. The standard InChI is InChI=1S/C15H23N3OS/c1-10-8-11(9-14(16-2)17-10)15(19)18-12-6-4-5-7-13(12)20-3/h8-9,12-13H,4-7H2,1-3H3,(H,16,17)(H,18,19). The number of nitrogens with one attached hydrogen (secondary N) is 2. The van der Waals surface area contributed by atoms with E-state index in [0.717, 1.165) is 17.9 Å². The molecule has 2 N–H and O–H groups in total. The Morgan fingerprint density at radius 2 is 2.10 bits per heavy atom. The minimum Gasteiger partial charge on any atom is -0.373 e. The number of rotatable bonds is 4. The molecule has 20 heavy (non-hydrogen) atoms. The Morgan fingerprint density at radius 3 is 2.80 bits per heavy atom. The number of aromatic nitrogens is 1. The molecule has 0 aliphatic heterocycles. The maximum Gasteiger partial charge on any atom is 0.251 e. The van der Waals surface area contributed by atoms with Crippen molar-refractivity contribution in [3.63, 3.8) is 0 Å². The molecule has 1 aliphatic rings. The van der Waals surface area contributed by atoms with Crippen molar-refractivity contribution in [1.82, 2.24) is 10.3 Å². The molecule has 5 heteroatoms. The predicted molar refractivity (Wildman–Crippen MR) is 85.5 cm³/mol. The molecule has 2 unspecified atom stereocenters. The maximum absolute atomic E-state index is 12.4. The number of pyridine rings is 1. The summed E-state index contributed by atoms with van der Waals surface area (Å²) in [7, 11) is 1.81. The largest absolute Gasteiger partial charge is 0.373 e. The van der Waals surface area contributed by atoms with Crippen LogP contribution in [-0.4, -0.2) is 35.5 Å². The third-order valence-corrected chi connectivity index (χ3v) is 4.96. The van der Waals surface area contributed by atoms with E-state index in [9.17, 15) is 4.79 Å². The lowest BCUT2D eigenvalue weighted by atomic mass is 9.94. The second-order valence-corrected chi connectivity index (χ2v) is 6.35. The van der Waals surface area contributed by atoms with Crippen molar-refractivity contribution in [2.45, 2.75) is 43.9 Å². The summed E-state index contributed by atoms with van der Waals surface area (Å²) in [5.74, 6) is 0.748. The molecular weight excluding hydrogens is 270 g/mol. The number of aryl methyl sites for hydroxylation is 1. The SMILES string of the molecule is CNc1cc(C(=O)NC2CCCCC2SC)cc(C)n1. The third-order valence-electron chi connectivity index (χ3n) is 3.79. The van der Waals surface area contributed by atoms with Crippen molar-refractivity contribution >= 4 is 23.5 Å². The molecule has 1 saturated carbocycles. The number of amides is 1. The smallest absolute Gasteiger partial charge is 0.251 e. The number of hydrogen-bond donors (Lipinski definition) is 2. The van der Waals surface area contributed by atoms with Gasteiger partial charge in [0.2, 0.25) is 0 Å². The van der Waals surface area contributed by atoms with E-state index < -0.39 is 0 Å². The van der Waals surface area contributed by atoms with Crippen molar-refractivity contribution in [1.29, 1.82) is 0 Å². The van der Waals surface area contributed by atoms with Crippen molar-refractivity contribution in [2.24, 2.45) is 0 Å². The van der Waals surface area contributed by atoms with Gasteiger partial charge in [0.15, 0.2) is 0 Å². The molecule has 0 spiro atoms. The zero-order valence-electron chi connectivity index (χ0n) is 12.4. The fourth-order valence-electron chi connectivity index (χ4n) is 2.72. The van der Waals surface area contributed by atoms with Gasteiger partial charge in [-0.15, -0.1) is 0 Å². The fourth-order valence-corrected chi connectivity index (χ4v) is 3.66. The Balaban J connectivity index is 2.09. The maximum atomic E-state index is 12.4. The molecule has 110 valence electrons. The highest BCUT2D eigenvalue weighted by molar-refractivity contribution is 7.99. The molecule has 1 aromatic rings. The van der Waals surface area contributed by atoms with Crippen LogP contribution < -0.4 is 10.6 Å². The molecule has 1 aromatic heterocycles. The quantitative estimate of drug-likeness (QED) is 0.896. The molecule has 0 aromatic carbocycles. The van der Waals surface area contributed by atoms with Crippen LogP contribution in [0, 0.1) is 6.92 Å². The molecule has 4 nitrogen and oxygen atoms in total. The predicted octanol–water partition coefficient (Wildman–Crippen LogP) is 2.84. The summed E-state index contributed by atoms with van der Waals surface area (Å²) in [4.78, 5) is 16.7. The molecule has 0 saturated heterocycles. The van der Waals surface area contributed by atoms with Gasteiger partial charge >= 0.3 is 0 Å². The van der Waals surface area contributed by atoms with Gasteiger partial charge in [-0.05, 0) is 38.2 Å². The van der Waals surface area contributed by atoms with Crippen LogP contribution in [-0.2, 0) is 0 Å². The van der Waals surface area contributed by atoms with Crippen molar-refractivity contribution in [2.75, 3.05) is 18.6 Å². The van der Waals surface area contributed by atoms with Crippen LogP contribution in [0.1, 0.15) is 41.7 Å². The van der Waals surface area contributed by atoms with E-state index in [1.807, 2.05) is 31.8 Å². The number of hydrogen-bond acceptors (Lipinski definition) is 4. The lowest BCUT2D eigenvalue weighted by Crippen LogP contribution is -2.43. The number of nitrogens with zero attached hydrogens (tertiary/aromatic N) is 1. The number of carbonyl (C=O) groups excluding carboxylic acids is 1. The Bertz CT molecular complexity index is 478. The highest BCUT2D eigenvalue weighted by atomic mass is 32.2. The zero-order chi connectivity index (χ0) is 14.5. The normalized spacial score (nSPS) is 22.4. The second kappa shape index (κ2) is 6.97. The van der Waals surface area contributed by atoms with Gasteiger partial charge in [0, 0.05) is 29.6 Å². The van der Waals surface area contributed by atoms with Crippen LogP contribution in [0.5, 0.6) is 0 Å². The molecule has 2 rings (SSSR count). The van der Waals surface area contributed by atoms with Crippen LogP contribution in [0.2, 0.25) is 0 Å². The molecule has 1 fully saturated rings. The van der Waals surface area contributed by atoms with Gasteiger partial charge in [0.25, 0.3) is 5.91 Å². The minimum atomic E-state index is 0.0120. The average molecular weight is 293 g/mol. The fraction of sp³-hybridized carbons (Fsp3) is 0.600. The van der Waals surface area contributed by atoms with Crippen LogP contribution in [0.3, 0.4) is 0 Å². The summed E-state index contributed by atoms with van der Waals surface area (Å²) in [6, 6.07) is 3.93. The summed E-state index contributed by atoms with van der Waals surface area (Å²) in [5, 5.41) is 6.73. The van der Waals surface area contributed by atoms with E-state index in [1.54, 1.807) is 6.07 Å². The monoisotopic (exact) mass is 293 g/mol. The van der Waals surface area contributed by atoms with E-state index in [1.165, 1.54) is 19.3 Å². The van der Waals surface area contributed by atoms with E-state index in [0.29, 0.717) is 10.8 Å². The first-order chi connectivity index (χ1) is 9.63. The number of thioether (sulfide) groups is 1. The topological polar surface area (TPSA) is 54.0 Å². The molecule has 1 heterocycles. The summed E-state index contributed by atoms with van der Waals surface area (Å²) >= 11 is 1.86. The van der Waals surface area contributed by atoms with Gasteiger partial charge in [0.1, 0.15) is 5.82 Å². The Morgan fingerprint density at radius 1 is 1.35 bits per heavy atom. The first-order valence-electron chi connectivity index (χ1n) is 7.14. The van der Waals surface area contributed by atoms with E-state index in [4.69, 9.17) is 0 Å². The summed E-state index contributed by atoms with van der Waals surface area (Å²) in [6.07, 6.45) is 6.89. The Labute approximate surface area is 125 Å². The average Bonchev–Trinajstić information content (AvgIpc) is 2.47. The van der Waals surface area contributed by atoms with E-state index in [-0.39, 0.29) is 11.9 Å². The molecule has 0 bridgehead atoms. The molecule has 1 amide bonds. The van der Waals surface area contributed by atoms with E-state index in [2.05, 4.69) is 21.9 Å². The van der Waals surface area contributed by atoms with Gasteiger partial charge in [0.05, 0.1) is 0 Å². The number of carbonyl (C=O) groups is 1. The molecular formula is C15H23N3OS. The van der Waals surface area contributed by atoms with Gasteiger partial charge in [-0.3, -0.25) is 4.79 Å². The van der Waals surface area contributed by atoms with Crippen molar-refractivity contribution < 1.29 is 4.79 Å². The van der Waals surface area contributed by atoms with Gasteiger partial charge < -0.3 is 10.6 Å². The van der Waals surface area contributed by atoms with Gasteiger partial charge in [-0.1, -0.05) is 12.8 Å². The molecule has 1 aliphatic carbocycles. The number of anilines is 1. The highest BCUT2D eigenvalue weighted by Crippen LogP contribution is 2.27. The molecule has 2 atom stereocenters. The van der Waals surface area contributed by atoms with Gasteiger partial charge in [-0.2, -0.15) is 11.8 Å². The van der Waals surface area contributed by atoms with Gasteiger partial charge in [-0.25, -0.2) is 4.98 Å². The first-order valence-corrected chi connectivity index (χ1v) is 8.43. The summed E-state index contributed by atoms with van der Waals surface area (Å²) in [6.45, 7) is 1.91. The Kier molecular flexibility index (Phi) is 5.29. The summed E-state index contributed by atoms with van der Waals surface area (Å²) in [5.41, 5.74) is 1.54. The van der Waals surface area contributed by atoms with Crippen LogP contribution in [0.15, 0.2) is 12.1 Å². The van der Waals surface area contributed by atoms with Crippen molar-refractivity contribution in [3.05, 3.63) is 23.4 Å². The zero-order valence-corrected chi connectivity index (χ0v) is 13.2. The Hall–Kier alpha value is -1.23. The lowest BCUT2D eigenvalue weighted by Gasteiger charge is -2.31. The van der Waals surface area contributed by atoms with Crippen LogP contribution >= 0.6 is 11.8 Å². The second-order valence-electron chi connectivity index (χ2n) is 5.27.